The second-order valence-electron chi connectivity index (χ2n) is 12.5. The summed E-state index contributed by atoms with van der Waals surface area (Å²) in [6.45, 7) is 11.4. The van der Waals surface area contributed by atoms with Gasteiger partial charge in [0, 0.05) is 50.2 Å². The summed E-state index contributed by atoms with van der Waals surface area (Å²) < 4.78 is 24.7. The van der Waals surface area contributed by atoms with Crippen LogP contribution in [0.15, 0.2) is 53.3 Å². The third-order valence-corrected chi connectivity index (χ3v) is 8.13. The van der Waals surface area contributed by atoms with Crippen LogP contribution in [0.1, 0.15) is 52.5 Å². The summed E-state index contributed by atoms with van der Waals surface area (Å²) in [5.41, 5.74) is 0.894. The molecule has 5 rings (SSSR count). The predicted octanol–water partition coefficient (Wildman–Crippen LogP) is 4.92. The third-order valence-electron chi connectivity index (χ3n) is 8.13. The Morgan fingerprint density at radius 2 is 1.76 bits per heavy atom. The molecule has 0 spiro atoms. The van der Waals surface area contributed by atoms with Crippen molar-refractivity contribution in [1.29, 1.82) is 0 Å². The van der Waals surface area contributed by atoms with Crippen molar-refractivity contribution in [2.24, 2.45) is 0 Å². The van der Waals surface area contributed by atoms with Crippen LogP contribution >= 0.6 is 0 Å². The van der Waals surface area contributed by atoms with E-state index >= 15 is 0 Å². The number of aliphatic carboxylic acids is 1. The minimum atomic E-state index is -1.03. The van der Waals surface area contributed by atoms with Crippen LogP contribution in [-0.4, -0.2) is 82.1 Å². The molecule has 11 heteroatoms. The molecule has 3 heterocycles. The molecule has 0 saturated carbocycles. The van der Waals surface area contributed by atoms with Gasteiger partial charge in [0.15, 0.2) is 17.6 Å². The first kappa shape index (κ1) is 32.2. The number of fused-ring (bicyclic) bond motifs is 2. The van der Waals surface area contributed by atoms with Crippen LogP contribution in [-0.2, 0) is 22.6 Å². The molecule has 1 atom stereocenters. The molecule has 0 bridgehead atoms. The van der Waals surface area contributed by atoms with Crippen molar-refractivity contribution >= 4 is 23.0 Å². The fourth-order valence-corrected chi connectivity index (χ4v) is 5.84. The molecular formula is C34H43N3O8. The summed E-state index contributed by atoms with van der Waals surface area (Å²) in [5.74, 6) is 0.813. The Morgan fingerprint density at radius 1 is 1.02 bits per heavy atom. The number of carbonyl (C=O) groups is 2. The van der Waals surface area contributed by atoms with Gasteiger partial charge in [0.05, 0.1) is 5.52 Å². The number of aromatic nitrogens is 1. The standard InChI is InChI=1S/C34H43N3O8/c1-5-27(32(39)40)44-28-8-6-7-26-25(28)10-12-31(38)36(26)18-17-35-15-13-24(14-16-35)37(33(41)45-34(2,3)4)22-23-9-11-29-30(21-23)43-20-19-42-29/h6-12,21,24,27H,5,13-20,22H2,1-4H3,(H,39,40). The lowest BCUT2D eigenvalue weighted by molar-refractivity contribution is -0.145. The smallest absolute Gasteiger partial charge is 0.410 e. The predicted molar refractivity (Wildman–Crippen MR) is 169 cm³/mol. The maximum Gasteiger partial charge on any atom is 0.410 e. The number of amides is 1. The lowest BCUT2D eigenvalue weighted by Crippen LogP contribution is -2.49. The first-order chi connectivity index (χ1) is 21.5. The number of ether oxygens (including phenoxy) is 4. The van der Waals surface area contributed by atoms with Crippen LogP contribution in [0.2, 0.25) is 0 Å². The molecule has 2 aromatic carbocycles. The number of nitrogens with zero attached hydrogens (tertiary/aromatic N) is 3. The Balaban J connectivity index is 1.26. The number of hydrogen-bond donors (Lipinski definition) is 1. The van der Waals surface area contributed by atoms with E-state index in [4.69, 9.17) is 18.9 Å². The Labute approximate surface area is 263 Å². The Bertz CT molecular complexity index is 1570. The number of carboxylic acids is 1. The lowest BCUT2D eigenvalue weighted by Gasteiger charge is -2.39. The van der Waals surface area contributed by atoms with Crippen molar-refractivity contribution in [2.45, 2.75) is 77.8 Å². The van der Waals surface area contributed by atoms with Crippen LogP contribution < -0.4 is 19.8 Å². The molecule has 1 saturated heterocycles. The van der Waals surface area contributed by atoms with E-state index in [1.807, 2.05) is 49.9 Å². The van der Waals surface area contributed by atoms with Gasteiger partial charge < -0.3 is 38.4 Å². The van der Waals surface area contributed by atoms with Crippen molar-refractivity contribution in [3.8, 4) is 17.2 Å². The first-order valence-electron chi connectivity index (χ1n) is 15.6. The number of likely N-dealkylation sites (tertiary alicyclic amines) is 1. The minimum Gasteiger partial charge on any atom is -0.486 e. The molecule has 1 aromatic heterocycles. The summed E-state index contributed by atoms with van der Waals surface area (Å²) in [5, 5.41) is 10.2. The van der Waals surface area contributed by atoms with E-state index in [-0.39, 0.29) is 17.7 Å². The van der Waals surface area contributed by atoms with E-state index in [9.17, 15) is 19.5 Å². The van der Waals surface area contributed by atoms with E-state index < -0.39 is 17.7 Å². The van der Waals surface area contributed by atoms with Gasteiger partial charge in [0.25, 0.3) is 5.56 Å². The van der Waals surface area contributed by atoms with Crippen molar-refractivity contribution in [2.75, 3.05) is 32.8 Å². The van der Waals surface area contributed by atoms with Crippen LogP contribution in [0.4, 0.5) is 4.79 Å². The largest absolute Gasteiger partial charge is 0.486 e. The van der Waals surface area contributed by atoms with E-state index in [0.717, 1.165) is 31.5 Å². The molecule has 1 N–H and O–H groups in total. The number of rotatable bonds is 10. The molecule has 1 unspecified atom stereocenters. The number of carboxylic acid groups (broad SMARTS) is 1. The molecule has 1 fully saturated rings. The molecule has 3 aromatic rings. The number of carbonyl (C=O) groups excluding carboxylic acids is 1. The average Bonchev–Trinajstić information content (AvgIpc) is 3.01. The van der Waals surface area contributed by atoms with Crippen molar-refractivity contribution in [3.05, 3.63) is 64.4 Å². The Morgan fingerprint density at radius 3 is 2.44 bits per heavy atom. The zero-order valence-corrected chi connectivity index (χ0v) is 26.5. The first-order valence-corrected chi connectivity index (χ1v) is 15.6. The van der Waals surface area contributed by atoms with Crippen LogP contribution in [0, 0.1) is 0 Å². The molecule has 242 valence electrons. The maximum atomic E-state index is 13.4. The molecular weight excluding hydrogens is 578 g/mol. The average molecular weight is 622 g/mol. The minimum absolute atomic E-state index is 0.00923. The van der Waals surface area contributed by atoms with Gasteiger partial charge in [-0.15, -0.1) is 0 Å². The number of pyridine rings is 1. The van der Waals surface area contributed by atoms with Crippen molar-refractivity contribution < 1.29 is 33.6 Å². The SMILES string of the molecule is CCC(Oc1cccc2c1ccc(=O)n2CCN1CCC(N(Cc2ccc3c(c2)OCCO3)C(=O)OC(C)(C)C)CC1)C(=O)O. The quantitative estimate of drug-likeness (QED) is 0.337. The van der Waals surface area contributed by atoms with Crippen molar-refractivity contribution in [1.82, 2.24) is 14.4 Å². The monoisotopic (exact) mass is 621 g/mol. The van der Waals surface area contributed by atoms with Crippen LogP contribution in [0.3, 0.4) is 0 Å². The van der Waals surface area contributed by atoms with E-state index in [2.05, 4.69) is 4.90 Å². The van der Waals surface area contributed by atoms with Gasteiger partial charge >= 0.3 is 12.1 Å². The molecule has 2 aliphatic rings. The number of hydrogen-bond acceptors (Lipinski definition) is 8. The summed E-state index contributed by atoms with van der Waals surface area (Å²) in [7, 11) is 0. The van der Waals surface area contributed by atoms with Gasteiger partial charge in [-0.25, -0.2) is 9.59 Å². The van der Waals surface area contributed by atoms with E-state index in [0.29, 0.717) is 67.4 Å². The molecule has 2 aliphatic heterocycles. The van der Waals surface area contributed by atoms with Crippen molar-refractivity contribution in [3.63, 3.8) is 0 Å². The third kappa shape index (κ3) is 7.89. The van der Waals surface area contributed by atoms with Crippen LogP contribution in [0.5, 0.6) is 17.2 Å². The van der Waals surface area contributed by atoms with Gasteiger partial charge in [-0.1, -0.05) is 19.1 Å². The molecule has 0 radical (unpaired) electrons. The summed E-state index contributed by atoms with van der Waals surface area (Å²) in [6.07, 6.45) is 0.541. The second kappa shape index (κ2) is 13.8. The normalized spacial score (nSPS) is 16.3. The highest BCUT2D eigenvalue weighted by Gasteiger charge is 2.32. The number of benzene rings is 2. The fourth-order valence-electron chi connectivity index (χ4n) is 5.84. The number of piperidine rings is 1. The zero-order valence-electron chi connectivity index (χ0n) is 26.5. The van der Waals surface area contributed by atoms with Gasteiger partial charge in [-0.2, -0.15) is 0 Å². The van der Waals surface area contributed by atoms with Gasteiger partial charge in [0.1, 0.15) is 24.6 Å². The topological polar surface area (TPSA) is 120 Å². The fraction of sp³-hybridized carbons (Fsp3) is 0.500. The molecule has 0 aliphatic carbocycles. The summed E-state index contributed by atoms with van der Waals surface area (Å²) in [4.78, 5) is 42.0. The molecule has 45 heavy (non-hydrogen) atoms. The highest BCUT2D eigenvalue weighted by molar-refractivity contribution is 5.86. The zero-order chi connectivity index (χ0) is 32.1. The molecule has 1 amide bonds. The van der Waals surface area contributed by atoms with Gasteiger partial charge in [0.2, 0.25) is 0 Å². The highest BCUT2D eigenvalue weighted by Crippen LogP contribution is 2.32. The Hall–Kier alpha value is -4.25. The van der Waals surface area contributed by atoms with Crippen LogP contribution in [0.25, 0.3) is 10.9 Å². The second-order valence-corrected chi connectivity index (χ2v) is 12.5. The summed E-state index contributed by atoms with van der Waals surface area (Å²) >= 11 is 0. The maximum absolute atomic E-state index is 13.4. The van der Waals surface area contributed by atoms with E-state index in [1.165, 1.54) is 6.07 Å². The van der Waals surface area contributed by atoms with Gasteiger partial charge in [-0.05, 0) is 75.9 Å². The molecule has 11 nitrogen and oxygen atoms in total. The van der Waals surface area contributed by atoms with Gasteiger partial charge in [-0.3, -0.25) is 4.79 Å². The van der Waals surface area contributed by atoms with E-state index in [1.54, 1.807) is 29.7 Å². The Kier molecular flexibility index (Phi) is 9.86. The highest BCUT2D eigenvalue weighted by atomic mass is 16.6. The lowest BCUT2D eigenvalue weighted by atomic mass is 10.0. The summed E-state index contributed by atoms with van der Waals surface area (Å²) in [6, 6.07) is 14.3.